The van der Waals surface area contributed by atoms with Crippen LogP contribution in [0.3, 0.4) is 0 Å². The fraction of sp³-hybridized carbons (Fsp3) is 0.800. The molecule has 0 aliphatic heterocycles. The third-order valence-corrected chi connectivity index (χ3v) is 7.97. The topological polar surface area (TPSA) is 27.7 Å². The third kappa shape index (κ3) is 7.64. The van der Waals surface area contributed by atoms with E-state index < -0.39 is 8.80 Å². The minimum Gasteiger partial charge on any atom is -0.371 e. The fourth-order valence-electron chi connectivity index (χ4n) is 2.65. The Morgan fingerprint density at radius 3 is 1.58 bits per heavy atom. The quantitative estimate of drug-likeness (QED) is 0.386. The van der Waals surface area contributed by atoms with Crippen molar-refractivity contribution in [2.45, 2.75) is 98.0 Å². The van der Waals surface area contributed by atoms with Crippen molar-refractivity contribution >= 4 is 8.80 Å². The molecule has 0 radical (unpaired) electrons. The van der Waals surface area contributed by atoms with Gasteiger partial charge in [-0.25, -0.2) is 0 Å². The van der Waals surface area contributed by atoms with Gasteiger partial charge in [-0.05, 0) is 58.8 Å². The van der Waals surface area contributed by atoms with Crippen LogP contribution in [0, 0.1) is 5.92 Å². The molecule has 4 heteroatoms. The molecular weight excluding hydrogens is 316 g/mol. The number of hydrogen-bond acceptors (Lipinski definition) is 3. The molecule has 3 atom stereocenters. The maximum absolute atomic E-state index is 6.46. The molecule has 0 N–H and O–H groups in total. The van der Waals surface area contributed by atoms with Gasteiger partial charge in [0, 0.05) is 24.4 Å². The molecule has 24 heavy (non-hydrogen) atoms. The minimum atomic E-state index is -2.67. The van der Waals surface area contributed by atoms with E-state index in [0.717, 1.165) is 38.1 Å². The van der Waals surface area contributed by atoms with Crippen LogP contribution in [0.4, 0.5) is 0 Å². The van der Waals surface area contributed by atoms with E-state index in [1.807, 2.05) is 0 Å². The number of allylic oxidation sites excluding steroid dienone is 4. The second-order valence-electron chi connectivity index (χ2n) is 7.02. The maximum atomic E-state index is 6.46. The molecular formula is C20H38O3Si. The molecule has 3 unspecified atom stereocenters. The van der Waals surface area contributed by atoms with Crippen LogP contribution in [-0.2, 0) is 13.3 Å². The lowest BCUT2D eigenvalue weighted by atomic mass is 10.1. The molecule has 0 heterocycles. The standard InChI is InChI=1S/C20H38O3Si/c1-7-17(4)21-24(22-18(5)8-2,23-19(6)9-3)16-12-15-20-13-10-11-14-20/h10-11,13-14,17-20H,7-9,12,15-16H2,1-6H3. The first kappa shape index (κ1) is 21.6. The van der Waals surface area contributed by atoms with Gasteiger partial charge in [-0.15, -0.1) is 0 Å². The summed E-state index contributed by atoms with van der Waals surface area (Å²) in [6.45, 7) is 12.9. The molecule has 0 bridgehead atoms. The smallest absolute Gasteiger partial charge is 0.371 e. The van der Waals surface area contributed by atoms with Crippen LogP contribution in [0.5, 0.6) is 0 Å². The Bertz CT molecular complexity index is 351. The van der Waals surface area contributed by atoms with E-state index in [0.29, 0.717) is 5.92 Å². The second kappa shape index (κ2) is 11.2. The Hall–Kier alpha value is -0.423. The largest absolute Gasteiger partial charge is 0.501 e. The highest BCUT2D eigenvalue weighted by Crippen LogP contribution is 2.28. The average Bonchev–Trinajstić information content (AvgIpc) is 3.07. The molecule has 0 amide bonds. The van der Waals surface area contributed by atoms with Crippen LogP contribution in [0.15, 0.2) is 24.3 Å². The monoisotopic (exact) mass is 354 g/mol. The highest BCUT2D eigenvalue weighted by Gasteiger charge is 2.44. The van der Waals surface area contributed by atoms with Crippen molar-refractivity contribution in [2.24, 2.45) is 5.92 Å². The summed E-state index contributed by atoms with van der Waals surface area (Å²) in [6.07, 6.45) is 14.5. The van der Waals surface area contributed by atoms with Crippen LogP contribution >= 0.6 is 0 Å². The molecule has 0 saturated carbocycles. The molecule has 1 aliphatic carbocycles. The molecule has 0 aromatic carbocycles. The van der Waals surface area contributed by atoms with Crippen molar-refractivity contribution < 1.29 is 13.3 Å². The first-order chi connectivity index (χ1) is 11.4. The maximum Gasteiger partial charge on any atom is 0.501 e. The highest BCUT2D eigenvalue weighted by atomic mass is 28.4. The Labute approximate surface area is 150 Å². The van der Waals surface area contributed by atoms with Crippen molar-refractivity contribution in [1.29, 1.82) is 0 Å². The van der Waals surface area contributed by atoms with E-state index in [1.165, 1.54) is 0 Å². The predicted octanol–water partition coefficient (Wildman–Crippen LogP) is 5.89. The van der Waals surface area contributed by atoms with Crippen molar-refractivity contribution in [2.75, 3.05) is 0 Å². The van der Waals surface area contributed by atoms with Gasteiger partial charge < -0.3 is 13.3 Å². The highest BCUT2D eigenvalue weighted by molar-refractivity contribution is 6.60. The summed E-state index contributed by atoms with van der Waals surface area (Å²) in [7, 11) is -2.67. The number of hydrogen-bond donors (Lipinski definition) is 0. The van der Waals surface area contributed by atoms with Crippen LogP contribution in [0.2, 0.25) is 6.04 Å². The van der Waals surface area contributed by atoms with Gasteiger partial charge in [-0.2, -0.15) is 0 Å². The zero-order chi connectivity index (χ0) is 18.0. The van der Waals surface area contributed by atoms with Gasteiger partial charge in [0.25, 0.3) is 0 Å². The lowest BCUT2D eigenvalue weighted by Gasteiger charge is -2.36. The van der Waals surface area contributed by atoms with Gasteiger partial charge in [-0.1, -0.05) is 45.1 Å². The van der Waals surface area contributed by atoms with Crippen molar-refractivity contribution in [3.63, 3.8) is 0 Å². The molecule has 0 aromatic heterocycles. The molecule has 140 valence electrons. The Morgan fingerprint density at radius 1 is 0.792 bits per heavy atom. The van der Waals surface area contributed by atoms with E-state index in [9.17, 15) is 0 Å². The van der Waals surface area contributed by atoms with Gasteiger partial charge in [0.1, 0.15) is 0 Å². The molecule has 0 saturated heterocycles. The minimum absolute atomic E-state index is 0.177. The first-order valence-corrected chi connectivity index (χ1v) is 11.8. The van der Waals surface area contributed by atoms with Crippen molar-refractivity contribution in [3.8, 4) is 0 Å². The zero-order valence-corrected chi connectivity index (χ0v) is 17.6. The van der Waals surface area contributed by atoms with E-state index in [4.69, 9.17) is 13.3 Å². The molecule has 0 spiro atoms. The third-order valence-electron chi connectivity index (χ3n) is 4.72. The van der Waals surface area contributed by atoms with Crippen molar-refractivity contribution in [1.82, 2.24) is 0 Å². The predicted molar refractivity (Wildman–Crippen MR) is 104 cm³/mol. The van der Waals surface area contributed by atoms with E-state index in [2.05, 4.69) is 65.8 Å². The Balaban J connectivity index is 2.79. The second-order valence-corrected chi connectivity index (χ2v) is 9.59. The van der Waals surface area contributed by atoms with Gasteiger partial charge in [0.2, 0.25) is 0 Å². The lowest BCUT2D eigenvalue weighted by molar-refractivity contribution is -0.0112. The van der Waals surface area contributed by atoms with Crippen LogP contribution in [-0.4, -0.2) is 27.1 Å². The number of rotatable bonds is 13. The lowest BCUT2D eigenvalue weighted by Crippen LogP contribution is -2.51. The van der Waals surface area contributed by atoms with Gasteiger partial charge in [0.15, 0.2) is 0 Å². The zero-order valence-electron chi connectivity index (χ0n) is 16.6. The van der Waals surface area contributed by atoms with E-state index in [1.54, 1.807) is 0 Å². The molecule has 3 nitrogen and oxygen atoms in total. The molecule has 0 aromatic rings. The summed E-state index contributed by atoms with van der Waals surface area (Å²) in [5.41, 5.74) is 0. The van der Waals surface area contributed by atoms with Crippen LogP contribution < -0.4 is 0 Å². The summed E-state index contributed by atoms with van der Waals surface area (Å²) < 4.78 is 19.4. The van der Waals surface area contributed by atoms with E-state index >= 15 is 0 Å². The van der Waals surface area contributed by atoms with Crippen LogP contribution in [0.1, 0.15) is 73.6 Å². The Morgan fingerprint density at radius 2 is 1.21 bits per heavy atom. The first-order valence-electron chi connectivity index (χ1n) is 9.83. The van der Waals surface area contributed by atoms with Gasteiger partial charge >= 0.3 is 8.80 Å². The van der Waals surface area contributed by atoms with Gasteiger partial charge in [-0.3, -0.25) is 0 Å². The van der Waals surface area contributed by atoms with Gasteiger partial charge in [0.05, 0.1) is 0 Å². The van der Waals surface area contributed by atoms with E-state index in [-0.39, 0.29) is 18.3 Å². The average molecular weight is 355 g/mol. The summed E-state index contributed by atoms with van der Waals surface area (Å²) in [6, 6.07) is 0.907. The molecule has 1 rings (SSSR count). The van der Waals surface area contributed by atoms with Crippen molar-refractivity contribution in [3.05, 3.63) is 24.3 Å². The van der Waals surface area contributed by atoms with Crippen LogP contribution in [0.25, 0.3) is 0 Å². The SMILES string of the molecule is CCC(C)O[Si](CCCC1C=CC=C1)(OC(C)CC)OC(C)CC. The summed E-state index contributed by atoms with van der Waals surface area (Å²) in [5.74, 6) is 0.562. The molecule has 1 aliphatic rings. The summed E-state index contributed by atoms with van der Waals surface area (Å²) >= 11 is 0. The molecule has 0 fully saturated rings. The summed E-state index contributed by atoms with van der Waals surface area (Å²) in [4.78, 5) is 0. The normalized spacial score (nSPS) is 20.9. The Kier molecular flexibility index (Phi) is 10.1. The summed E-state index contributed by atoms with van der Waals surface area (Å²) in [5, 5.41) is 0. The fourth-order valence-corrected chi connectivity index (χ4v) is 6.15.